The van der Waals surface area contributed by atoms with E-state index in [0.29, 0.717) is 6.54 Å². The lowest BCUT2D eigenvalue weighted by molar-refractivity contribution is -0.139. The minimum atomic E-state index is -1.13. The maximum atomic E-state index is 11.4. The van der Waals surface area contributed by atoms with Crippen LogP contribution in [-0.4, -0.2) is 55.9 Å². The molecule has 8 heteroatoms. The molecular weight excluding hydrogens is 254 g/mol. The molecule has 8 nitrogen and oxygen atoms in total. The predicted molar refractivity (Wildman–Crippen MR) is 67.8 cm³/mol. The van der Waals surface area contributed by atoms with Crippen LogP contribution in [0.5, 0.6) is 0 Å². The molecule has 1 atom stereocenters. The number of carbonyl (C=O) groups is 3. The fourth-order valence-corrected chi connectivity index (χ4v) is 1.28. The first-order valence-electron chi connectivity index (χ1n) is 6.04. The molecule has 0 saturated heterocycles. The first-order chi connectivity index (χ1) is 9.01. The molecule has 4 N–H and O–H groups in total. The van der Waals surface area contributed by atoms with Gasteiger partial charge in [-0.25, -0.2) is 9.59 Å². The van der Waals surface area contributed by atoms with Crippen LogP contribution in [-0.2, 0) is 14.3 Å². The minimum absolute atomic E-state index is 0.147. The number of hydrogen-bond donors (Lipinski definition) is 4. The number of carbonyl (C=O) groups excluding carboxylic acids is 2. The van der Waals surface area contributed by atoms with Crippen molar-refractivity contribution in [3.8, 4) is 0 Å². The Labute approximate surface area is 111 Å². The van der Waals surface area contributed by atoms with E-state index in [9.17, 15) is 14.4 Å². The van der Waals surface area contributed by atoms with E-state index >= 15 is 0 Å². The van der Waals surface area contributed by atoms with Crippen LogP contribution in [0.15, 0.2) is 0 Å². The molecule has 0 spiro atoms. The molecule has 0 saturated carbocycles. The van der Waals surface area contributed by atoms with Gasteiger partial charge in [-0.3, -0.25) is 4.79 Å². The third-order valence-electron chi connectivity index (χ3n) is 2.23. The summed E-state index contributed by atoms with van der Waals surface area (Å²) in [5.41, 5.74) is 0. The Morgan fingerprint density at radius 1 is 1.26 bits per heavy atom. The van der Waals surface area contributed by atoms with E-state index in [0.717, 1.165) is 0 Å². The van der Waals surface area contributed by atoms with Crippen LogP contribution in [0.1, 0.15) is 19.8 Å². The summed E-state index contributed by atoms with van der Waals surface area (Å²) in [5, 5.41) is 16.2. The standard InChI is InChI=1S/C11H21N3O5/c1-3-12-9(15)4-6-13-11(18)14-8(10(16)17)5-7-19-2/h8H,3-7H2,1-2H3,(H,12,15)(H,16,17)(H2,13,14,18). The number of hydrogen-bond acceptors (Lipinski definition) is 4. The summed E-state index contributed by atoms with van der Waals surface area (Å²) in [5.74, 6) is -1.30. The number of nitrogens with one attached hydrogen (secondary N) is 3. The second-order valence-electron chi connectivity index (χ2n) is 3.78. The fourth-order valence-electron chi connectivity index (χ4n) is 1.28. The van der Waals surface area contributed by atoms with Gasteiger partial charge in [0.05, 0.1) is 0 Å². The van der Waals surface area contributed by atoms with E-state index < -0.39 is 18.0 Å². The van der Waals surface area contributed by atoms with Crippen molar-refractivity contribution in [3.63, 3.8) is 0 Å². The highest BCUT2D eigenvalue weighted by molar-refractivity contribution is 5.83. The molecule has 3 amide bonds. The van der Waals surface area contributed by atoms with Crippen molar-refractivity contribution in [2.45, 2.75) is 25.8 Å². The molecule has 1 unspecified atom stereocenters. The first-order valence-corrected chi connectivity index (χ1v) is 6.04. The third-order valence-corrected chi connectivity index (χ3v) is 2.23. The first kappa shape index (κ1) is 17.2. The molecule has 0 aromatic rings. The molecule has 0 fully saturated rings. The zero-order valence-corrected chi connectivity index (χ0v) is 11.2. The van der Waals surface area contributed by atoms with E-state index in [1.807, 2.05) is 0 Å². The van der Waals surface area contributed by atoms with Gasteiger partial charge in [0.25, 0.3) is 0 Å². The number of urea groups is 1. The van der Waals surface area contributed by atoms with Crippen molar-refractivity contribution in [1.82, 2.24) is 16.0 Å². The largest absolute Gasteiger partial charge is 0.480 e. The van der Waals surface area contributed by atoms with Crippen molar-refractivity contribution >= 4 is 17.9 Å². The van der Waals surface area contributed by atoms with Gasteiger partial charge >= 0.3 is 12.0 Å². The quantitative estimate of drug-likeness (QED) is 0.444. The third kappa shape index (κ3) is 8.83. The number of aliphatic carboxylic acids is 1. The second kappa shape index (κ2) is 10.1. The maximum Gasteiger partial charge on any atom is 0.326 e. The SMILES string of the molecule is CCNC(=O)CCNC(=O)NC(CCOC)C(=O)O. The van der Waals surface area contributed by atoms with Crippen molar-refractivity contribution in [1.29, 1.82) is 0 Å². The smallest absolute Gasteiger partial charge is 0.326 e. The molecule has 0 radical (unpaired) electrons. The van der Waals surface area contributed by atoms with Crippen molar-refractivity contribution in [2.24, 2.45) is 0 Å². The van der Waals surface area contributed by atoms with Gasteiger partial charge in [-0.2, -0.15) is 0 Å². The van der Waals surface area contributed by atoms with Gasteiger partial charge in [0.15, 0.2) is 0 Å². The highest BCUT2D eigenvalue weighted by atomic mass is 16.5. The summed E-state index contributed by atoms with van der Waals surface area (Å²) < 4.78 is 4.76. The lowest BCUT2D eigenvalue weighted by Gasteiger charge is -2.14. The number of amides is 3. The number of rotatable bonds is 9. The Balaban J connectivity index is 3.93. The van der Waals surface area contributed by atoms with Gasteiger partial charge in [-0.05, 0) is 6.92 Å². The Kier molecular flexibility index (Phi) is 9.15. The molecule has 0 heterocycles. The van der Waals surface area contributed by atoms with Gasteiger partial charge < -0.3 is 25.8 Å². The molecule has 0 rings (SSSR count). The van der Waals surface area contributed by atoms with Crippen molar-refractivity contribution < 1.29 is 24.2 Å². The van der Waals surface area contributed by atoms with Crippen molar-refractivity contribution in [3.05, 3.63) is 0 Å². The zero-order valence-electron chi connectivity index (χ0n) is 11.2. The number of ether oxygens (including phenoxy) is 1. The number of carboxylic acid groups (broad SMARTS) is 1. The summed E-state index contributed by atoms with van der Waals surface area (Å²) in [6.07, 6.45) is 0.326. The summed E-state index contributed by atoms with van der Waals surface area (Å²) in [7, 11) is 1.45. The molecule has 0 bridgehead atoms. The van der Waals surface area contributed by atoms with E-state index in [-0.39, 0.29) is 31.9 Å². The average molecular weight is 275 g/mol. The lowest BCUT2D eigenvalue weighted by Crippen LogP contribution is -2.47. The van der Waals surface area contributed by atoms with Crippen molar-refractivity contribution in [2.75, 3.05) is 26.8 Å². The minimum Gasteiger partial charge on any atom is -0.480 e. The van der Waals surface area contributed by atoms with Crippen LogP contribution < -0.4 is 16.0 Å². The second-order valence-corrected chi connectivity index (χ2v) is 3.78. The van der Waals surface area contributed by atoms with Gasteiger partial charge in [0.1, 0.15) is 6.04 Å². The molecule has 0 aromatic carbocycles. The maximum absolute atomic E-state index is 11.4. The highest BCUT2D eigenvalue weighted by Gasteiger charge is 2.19. The average Bonchev–Trinajstić information content (AvgIpc) is 2.34. The van der Waals surface area contributed by atoms with Gasteiger partial charge in [0, 0.05) is 39.6 Å². The van der Waals surface area contributed by atoms with Crippen LogP contribution >= 0.6 is 0 Å². The summed E-state index contributed by atoms with van der Waals surface area (Å²) in [6.45, 7) is 2.71. The molecular formula is C11H21N3O5. The monoisotopic (exact) mass is 275 g/mol. The van der Waals surface area contributed by atoms with E-state index in [1.54, 1.807) is 6.92 Å². The summed E-state index contributed by atoms with van der Waals surface area (Å²) in [6, 6.07) is -1.63. The normalized spacial score (nSPS) is 11.5. The summed E-state index contributed by atoms with van der Waals surface area (Å²) >= 11 is 0. The molecule has 0 aliphatic carbocycles. The summed E-state index contributed by atoms with van der Waals surface area (Å²) in [4.78, 5) is 33.4. The Hall–Kier alpha value is -1.83. The molecule has 0 aromatic heterocycles. The van der Waals surface area contributed by atoms with Gasteiger partial charge in [-0.15, -0.1) is 0 Å². The molecule has 0 aliphatic heterocycles. The Morgan fingerprint density at radius 2 is 1.95 bits per heavy atom. The van der Waals surface area contributed by atoms with Crippen LogP contribution in [0, 0.1) is 0 Å². The van der Waals surface area contributed by atoms with Crippen LogP contribution in [0.3, 0.4) is 0 Å². The van der Waals surface area contributed by atoms with Crippen LogP contribution in [0.25, 0.3) is 0 Å². The van der Waals surface area contributed by atoms with E-state index in [4.69, 9.17) is 9.84 Å². The van der Waals surface area contributed by atoms with E-state index in [2.05, 4.69) is 16.0 Å². The van der Waals surface area contributed by atoms with Gasteiger partial charge in [0.2, 0.25) is 5.91 Å². The molecule has 0 aliphatic rings. The Bertz CT molecular complexity index is 309. The van der Waals surface area contributed by atoms with Crippen LogP contribution in [0.4, 0.5) is 4.79 Å². The number of carboxylic acids is 1. The highest BCUT2D eigenvalue weighted by Crippen LogP contribution is 1.93. The molecule has 19 heavy (non-hydrogen) atoms. The lowest BCUT2D eigenvalue weighted by atomic mass is 10.2. The number of methoxy groups -OCH3 is 1. The van der Waals surface area contributed by atoms with Crippen LogP contribution in [0.2, 0.25) is 0 Å². The topological polar surface area (TPSA) is 117 Å². The Morgan fingerprint density at radius 3 is 2.47 bits per heavy atom. The predicted octanol–water partition coefficient (Wildman–Crippen LogP) is -0.698. The zero-order chi connectivity index (χ0) is 14.7. The van der Waals surface area contributed by atoms with Gasteiger partial charge in [-0.1, -0.05) is 0 Å². The van der Waals surface area contributed by atoms with E-state index in [1.165, 1.54) is 7.11 Å². The molecule has 110 valence electrons. The fraction of sp³-hybridized carbons (Fsp3) is 0.727.